The summed E-state index contributed by atoms with van der Waals surface area (Å²) in [6, 6.07) is 0.213. The maximum atomic E-state index is 12.4. The number of nitrogens with zero attached hydrogens (tertiary/aromatic N) is 2. The van der Waals surface area contributed by atoms with Gasteiger partial charge in [0.25, 0.3) is 0 Å². The van der Waals surface area contributed by atoms with Gasteiger partial charge in [-0.25, -0.2) is 0 Å². The molecule has 0 unspecified atom stereocenters. The summed E-state index contributed by atoms with van der Waals surface area (Å²) in [4.78, 5) is 12.4. The Morgan fingerprint density at radius 3 is 2.68 bits per heavy atom. The first kappa shape index (κ1) is 12.6. The second kappa shape index (κ2) is 4.92. The molecule has 2 aliphatic rings. The molecule has 0 aromatic carbocycles. The average molecular weight is 264 g/mol. The average Bonchev–Trinajstić information content (AvgIpc) is 3.20. The van der Waals surface area contributed by atoms with Gasteiger partial charge in [0.15, 0.2) is 0 Å². The van der Waals surface area contributed by atoms with Crippen LogP contribution in [0.2, 0.25) is 0 Å². The second-order valence-electron chi connectivity index (χ2n) is 5.72. The van der Waals surface area contributed by atoms with Crippen LogP contribution in [0, 0.1) is 5.41 Å². The van der Waals surface area contributed by atoms with E-state index in [4.69, 9.17) is 10.2 Å². The molecule has 1 aromatic rings. The van der Waals surface area contributed by atoms with E-state index in [1.807, 2.05) is 0 Å². The Morgan fingerprint density at radius 1 is 1.32 bits per heavy atom. The molecule has 2 saturated carbocycles. The summed E-state index contributed by atoms with van der Waals surface area (Å²) < 4.78 is 5.46. The lowest BCUT2D eigenvalue weighted by atomic mass is 9.73. The molecule has 1 heterocycles. The summed E-state index contributed by atoms with van der Waals surface area (Å²) in [5.74, 6) is 0.970. The molecule has 6 heteroatoms. The zero-order chi connectivity index (χ0) is 13.3. The van der Waals surface area contributed by atoms with Gasteiger partial charge in [-0.2, -0.15) is 0 Å². The van der Waals surface area contributed by atoms with Crippen LogP contribution in [0.5, 0.6) is 0 Å². The van der Waals surface area contributed by atoms with E-state index in [0.717, 1.165) is 38.5 Å². The number of carbonyl (C=O) groups excluding carboxylic acids is 1. The van der Waals surface area contributed by atoms with Crippen LogP contribution in [0.3, 0.4) is 0 Å². The largest absolute Gasteiger partial charge is 0.408 e. The van der Waals surface area contributed by atoms with Crippen LogP contribution in [0.15, 0.2) is 4.42 Å². The van der Waals surface area contributed by atoms with Crippen molar-refractivity contribution in [1.29, 1.82) is 0 Å². The maximum Gasteiger partial charge on any atom is 0.322 e. The maximum absolute atomic E-state index is 12.4. The van der Waals surface area contributed by atoms with Crippen LogP contribution in [-0.4, -0.2) is 22.6 Å². The molecule has 3 N–H and O–H groups in total. The summed E-state index contributed by atoms with van der Waals surface area (Å²) in [5, 5.41) is 10.6. The molecule has 0 radical (unpaired) electrons. The first-order valence-corrected chi connectivity index (χ1v) is 7.08. The van der Waals surface area contributed by atoms with E-state index >= 15 is 0 Å². The molecule has 0 saturated heterocycles. The third-order valence-corrected chi connectivity index (χ3v) is 4.27. The van der Waals surface area contributed by atoms with Crippen molar-refractivity contribution in [3.05, 3.63) is 5.89 Å². The van der Waals surface area contributed by atoms with Gasteiger partial charge >= 0.3 is 6.01 Å². The van der Waals surface area contributed by atoms with Crippen molar-refractivity contribution < 1.29 is 9.21 Å². The zero-order valence-corrected chi connectivity index (χ0v) is 11.0. The Bertz CT molecular complexity index is 461. The second-order valence-corrected chi connectivity index (χ2v) is 5.72. The molecule has 1 aromatic heterocycles. The quantitative estimate of drug-likeness (QED) is 0.864. The van der Waals surface area contributed by atoms with Gasteiger partial charge in [-0.1, -0.05) is 24.4 Å². The minimum Gasteiger partial charge on any atom is -0.408 e. The van der Waals surface area contributed by atoms with Crippen molar-refractivity contribution in [2.45, 2.75) is 50.9 Å². The Kier molecular flexibility index (Phi) is 3.26. The lowest BCUT2D eigenvalue weighted by Gasteiger charge is -2.33. The van der Waals surface area contributed by atoms with E-state index in [0.29, 0.717) is 18.4 Å². The molecule has 0 atom stereocenters. The van der Waals surface area contributed by atoms with E-state index < -0.39 is 5.41 Å². The van der Waals surface area contributed by atoms with Crippen molar-refractivity contribution in [2.24, 2.45) is 11.1 Å². The summed E-state index contributed by atoms with van der Waals surface area (Å²) in [7, 11) is 0. The lowest BCUT2D eigenvalue weighted by molar-refractivity contribution is -0.127. The highest BCUT2D eigenvalue weighted by Gasteiger charge is 2.39. The van der Waals surface area contributed by atoms with Crippen molar-refractivity contribution in [2.75, 3.05) is 11.9 Å². The third-order valence-electron chi connectivity index (χ3n) is 4.27. The Balaban J connectivity index is 1.68. The molecular weight excluding hydrogens is 244 g/mol. The van der Waals surface area contributed by atoms with E-state index in [9.17, 15) is 4.79 Å². The molecule has 1 amide bonds. The smallest absolute Gasteiger partial charge is 0.322 e. The summed E-state index contributed by atoms with van der Waals surface area (Å²) in [6.45, 7) is 0.377. The number of hydrogen-bond acceptors (Lipinski definition) is 5. The van der Waals surface area contributed by atoms with Crippen LogP contribution in [0.1, 0.15) is 56.8 Å². The van der Waals surface area contributed by atoms with Gasteiger partial charge in [-0.05, 0) is 25.7 Å². The predicted molar refractivity (Wildman–Crippen MR) is 69.5 cm³/mol. The number of amides is 1. The number of nitrogens with two attached hydrogens (primary N) is 1. The van der Waals surface area contributed by atoms with Gasteiger partial charge in [0, 0.05) is 12.5 Å². The summed E-state index contributed by atoms with van der Waals surface area (Å²) >= 11 is 0. The van der Waals surface area contributed by atoms with Gasteiger partial charge in [-0.15, -0.1) is 5.10 Å². The SMILES string of the molecule is NCC1(C(=O)Nc2nnc(C3CC3)o2)CCCCC1. The first-order chi connectivity index (χ1) is 9.23. The van der Waals surface area contributed by atoms with Crippen LogP contribution >= 0.6 is 0 Å². The highest BCUT2D eigenvalue weighted by molar-refractivity contribution is 5.93. The van der Waals surface area contributed by atoms with Crippen molar-refractivity contribution in [1.82, 2.24) is 10.2 Å². The predicted octanol–water partition coefficient (Wildman–Crippen LogP) is 1.79. The van der Waals surface area contributed by atoms with Crippen molar-refractivity contribution in [3.63, 3.8) is 0 Å². The molecule has 0 spiro atoms. The normalized spacial score (nSPS) is 22.2. The van der Waals surface area contributed by atoms with E-state index in [1.54, 1.807) is 0 Å². The molecule has 104 valence electrons. The van der Waals surface area contributed by atoms with Crippen LogP contribution in [0.4, 0.5) is 6.01 Å². The fourth-order valence-electron chi connectivity index (χ4n) is 2.76. The highest BCUT2D eigenvalue weighted by atomic mass is 16.4. The van der Waals surface area contributed by atoms with Gasteiger partial charge in [0.05, 0.1) is 5.41 Å². The topological polar surface area (TPSA) is 94.0 Å². The van der Waals surface area contributed by atoms with Gasteiger partial charge in [-0.3, -0.25) is 10.1 Å². The van der Waals surface area contributed by atoms with Gasteiger partial charge in [0.1, 0.15) is 0 Å². The molecule has 2 fully saturated rings. The molecule has 2 aliphatic carbocycles. The number of aromatic nitrogens is 2. The summed E-state index contributed by atoms with van der Waals surface area (Å²) in [5.41, 5.74) is 5.38. The number of nitrogens with one attached hydrogen (secondary N) is 1. The fraction of sp³-hybridized carbons (Fsp3) is 0.769. The minimum atomic E-state index is -0.452. The minimum absolute atomic E-state index is 0.0688. The Labute approximate surface area is 112 Å². The number of carbonyl (C=O) groups is 1. The molecule has 19 heavy (non-hydrogen) atoms. The zero-order valence-electron chi connectivity index (χ0n) is 11.0. The van der Waals surface area contributed by atoms with E-state index in [2.05, 4.69) is 15.5 Å². The lowest BCUT2D eigenvalue weighted by Crippen LogP contribution is -2.43. The van der Waals surface area contributed by atoms with Crippen molar-refractivity contribution in [3.8, 4) is 0 Å². The van der Waals surface area contributed by atoms with E-state index in [-0.39, 0.29) is 11.9 Å². The van der Waals surface area contributed by atoms with Crippen molar-refractivity contribution >= 4 is 11.9 Å². The molecule has 6 nitrogen and oxygen atoms in total. The number of hydrogen-bond donors (Lipinski definition) is 2. The molecular formula is C13H20N4O2. The van der Waals surface area contributed by atoms with Gasteiger partial charge < -0.3 is 10.2 Å². The van der Waals surface area contributed by atoms with E-state index in [1.165, 1.54) is 6.42 Å². The molecule has 0 bridgehead atoms. The summed E-state index contributed by atoms with van der Waals surface area (Å²) in [6.07, 6.45) is 7.19. The number of rotatable bonds is 4. The highest BCUT2D eigenvalue weighted by Crippen LogP contribution is 2.40. The van der Waals surface area contributed by atoms with Crippen LogP contribution in [-0.2, 0) is 4.79 Å². The third kappa shape index (κ3) is 2.49. The fourth-order valence-corrected chi connectivity index (χ4v) is 2.76. The van der Waals surface area contributed by atoms with Crippen LogP contribution in [0.25, 0.3) is 0 Å². The molecule has 0 aliphatic heterocycles. The number of anilines is 1. The standard InChI is InChI=1S/C13H20N4O2/c14-8-13(6-2-1-3-7-13)11(18)15-12-17-16-10(19-12)9-4-5-9/h9H,1-8,14H2,(H,15,17,18). The molecule has 3 rings (SSSR count). The monoisotopic (exact) mass is 264 g/mol. The first-order valence-electron chi connectivity index (χ1n) is 7.08. The van der Waals surface area contributed by atoms with Crippen LogP contribution < -0.4 is 11.1 Å². The van der Waals surface area contributed by atoms with Gasteiger partial charge in [0.2, 0.25) is 11.8 Å². The Morgan fingerprint density at radius 2 is 2.05 bits per heavy atom. The Hall–Kier alpha value is -1.43.